The highest BCUT2D eigenvalue weighted by Crippen LogP contribution is 2.45. The molecular formula is C18H18O3. The van der Waals surface area contributed by atoms with Gasteiger partial charge in [-0.05, 0) is 18.6 Å². The van der Waals surface area contributed by atoms with Gasteiger partial charge < -0.3 is 9.47 Å². The van der Waals surface area contributed by atoms with E-state index < -0.39 is 0 Å². The Morgan fingerprint density at radius 2 is 1.76 bits per heavy atom. The number of ketones is 1. The van der Waals surface area contributed by atoms with Crippen molar-refractivity contribution in [3.05, 3.63) is 58.7 Å². The minimum Gasteiger partial charge on any atom is -0.497 e. The molecule has 0 aliphatic heterocycles. The highest BCUT2D eigenvalue weighted by Gasteiger charge is 2.34. The molecule has 0 N–H and O–H groups in total. The van der Waals surface area contributed by atoms with Gasteiger partial charge in [-0.3, -0.25) is 4.79 Å². The van der Waals surface area contributed by atoms with E-state index in [4.69, 9.17) is 9.47 Å². The van der Waals surface area contributed by atoms with Crippen molar-refractivity contribution in [3.63, 3.8) is 0 Å². The fourth-order valence-electron chi connectivity index (χ4n) is 2.96. The van der Waals surface area contributed by atoms with Crippen molar-refractivity contribution in [1.29, 1.82) is 0 Å². The summed E-state index contributed by atoms with van der Waals surface area (Å²) in [5.74, 6) is 1.59. The molecule has 0 saturated heterocycles. The van der Waals surface area contributed by atoms with E-state index in [0.29, 0.717) is 12.2 Å². The zero-order valence-electron chi connectivity index (χ0n) is 12.5. The monoisotopic (exact) mass is 282 g/mol. The van der Waals surface area contributed by atoms with Crippen molar-refractivity contribution >= 4 is 5.78 Å². The van der Waals surface area contributed by atoms with Crippen LogP contribution in [0.4, 0.5) is 0 Å². The zero-order chi connectivity index (χ0) is 15.0. The molecule has 21 heavy (non-hydrogen) atoms. The molecule has 0 spiro atoms. The fraction of sp³-hybridized carbons (Fsp3) is 0.278. The maximum absolute atomic E-state index is 12.3. The van der Waals surface area contributed by atoms with Gasteiger partial charge in [-0.15, -0.1) is 0 Å². The third-order valence-corrected chi connectivity index (χ3v) is 4.09. The highest BCUT2D eigenvalue weighted by molar-refractivity contribution is 6.03. The van der Waals surface area contributed by atoms with Gasteiger partial charge in [0.2, 0.25) is 0 Å². The van der Waals surface area contributed by atoms with E-state index in [1.807, 2.05) is 12.1 Å². The van der Waals surface area contributed by atoms with Gasteiger partial charge in [-0.2, -0.15) is 0 Å². The SMILES string of the molecule is COc1cc(OC)c2c(c1)C(=O)CC2c1ccc(C)cc1. The molecule has 1 aliphatic rings. The average Bonchev–Trinajstić information content (AvgIpc) is 2.84. The van der Waals surface area contributed by atoms with Crippen LogP contribution in [-0.4, -0.2) is 20.0 Å². The maximum atomic E-state index is 12.3. The van der Waals surface area contributed by atoms with Crippen molar-refractivity contribution in [1.82, 2.24) is 0 Å². The summed E-state index contributed by atoms with van der Waals surface area (Å²) >= 11 is 0. The topological polar surface area (TPSA) is 35.5 Å². The summed E-state index contributed by atoms with van der Waals surface area (Å²) in [6.45, 7) is 2.06. The lowest BCUT2D eigenvalue weighted by atomic mass is 9.91. The van der Waals surface area contributed by atoms with Gasteiger partial charge in [0.25, 0.3) is 0 Å². The van der Waals surface area contributed by atoms with Gasteiger partial charge in [0.15, 0.2) is 5.78 Å². The van der Waals surface area contributed by atoms with Crippen molar-refractivity contribution in [2.75, 3.05) is 14.2 Å². The summed E-state index contributed by atoms with van der Waals surface area (Å²) in [5, 5.41) is 0. The number of carbonyl (C=O) groups excluding carboxylic acids is 1. The molecule has 1 unspecified atom stereocenters. The molecule has 0 radical (unpaired) electrons. The number of Topliss-reactive ketones (excluding diaryl/α,β-unsaturated/α-hetero) is 1. The van der Waals surface area contributed by atoms with Crippen LogP contribution in [0.1, 0.15) is 39.4 Å². The Morgan fingerprint density at radius 3 is 2.38 bits per heavy atom. The van der Waals surface area contributed by atoms with E-state index >= 15 is 0 Å². The minimum atomic E-state index is 0.0638. The van der Waals surface area contributed by atoms with Gasteiger partial charge >= 0.3 is 0 Å². The van der Waals surface area contributed by atoms with E-state index in [1.165, 1.54) is 5.56 Å². The number of carbonyl (C=O) groups is 1. The van der Waals surface area contributed by atoms with E-state index in [0.717, 1.165) is 22.4 Å². The standard InChI is InChI=1S/C18H18O3/c1-11-4-6-12(7-5-11)14-10-16(19)15-8-13(20-2)9-17(21-3)18(14)15/h4-9,14H,10H2,1-3H3. The predicted octanol–water partition coefficient (Wildman–Crippen LogP) is 3.73. The predicted molar refractivity (Wildman–Crippen MR) is 81.5 cm³/mol. The largest absolute Gasteiger partial charge is 0.497 e. The molecule has 3 rings (SSSR count). The van der Waals surface area contributed by atoms with Gasteiger partial charge in [0.05, 0.1) is 14.2 Å². The van der Waals surface area contributed by atoms with E-state index in [-0.39, 0.29) is 11.7 Å². The van der Waals surface area contributed by atoms with Crippen molar-refractivity contribution in [2.45, 2.75) is 19.3 Å². The van der Waals surface area contributed by atoms with Crippen LogP contribution in [0.25, 0.3) is 0 Å². The normalized spacial score (nSPS) is 16.7. The van der Waals surface area contributed by atoms with Crippen LogP contribution in [-0.2, 0) is 0 Å². The second-order valence-corrected chi connectivity index (χ2v) is 5.38. The number of hydrogen-bond donors (Lipinski definition) is 0. The van der Waals surface area contributed by atoms with Crippen molar-refractivity contribution < 1.29 is 14.3 Å². The van der Waals surface area contributed by atoms with E-state index in [9.17, 15) is 4.79 Å². The molecule has 3 nitrogen and oxygen atoms in total. The first-order valence-corrected chi connectivity index (χ1v) is 6.99. The lowest BCUT2D eigenvalue weighted by Crippen LogP contribution is -2.00. The molecule has 3 heteroatoms. The average molecular weight is 282 g/mol. The Hall–Kier alpha value is -2.29. The first-order valence-electron chi connectivity index (χ1n) is 6.99. The summed E-state index contributed by atoms with van der Waals surface area (Å²) in [6.07, 6.45) is 0.488. The Labute approximate surface area is 124 Å². The number of hydrogen-bond acceptors (Lipinski definition) is 3. The number of ether oxygens (including phenoxy) is 2. The number of rotatable bonds is 3. The minimum absolute atomic E-state index is 0.0638. The summed E-state index contributed by atoms with van der Waals surface area (Å²) < 4.78 is 10.7. The van der Waals surface area contributed by atoms with Crippen LogP contribution in [0.3, 0.4) is 0 Å². The summed E-state index contributed by atoms with van der Waals surface area (Å²) in [6, 6.07) is 12.0. The van der Waals surface area contributed by atoms with Crippen LogP contribution in [0.15, 0.2) is 36.4 Å². The summed E-state index contributed by atoms with van der Waals surface area (Å²) in [5.41, 5.74) is 4.06. The molecule has 0 bridgehead atoms. The molecule has 0 saturated carbocycles. The molecule has 2 aromatic carbocycles. The first-order chi connectivity index (χ1) is 10.1. The molecule has 1 atom stereocenters. The Bertz CT molecular complexity index is 686. The molecule has 0 aromatic heterocycles. The van der Waals surface area contributed by atoms with Gasteiger partial charge in [-0.25, -0.2) is 0 Å². The van der Waals surface area contributed by atoms with Crippen LogP contribution in [0.5, 0.6) is 11.5 Å². The molecular weight excluding hydrogens is 264 g/mol. The molecule has 0 heterocycles. The molecule has 108 valence electrons. The summed E-state index contributed by atoms with van der Waals surface area (Å²) in [7, 11) is 3.22. The van der Waals surface area contributed by atoms with Crippen LogP contribution < -0.4 is 9.47 Å². The number of benzene rings is 2. The highest BCUT2D eigenvalue weighted by atomic mass is 16.5. The van der Waals surface area contributed by atoms with Gasteiger partial charge in [0.1, 0.15) is 11.5 Å². The van der Waals surface area contributed by atoms with Crippen molar-refractivity contribution in [2.24, 2.45) is 0 Å². The number of fused-ring (bicyclic) bond motifs is 1. The smallest absolute Gasteiger partial charge is 0.164 e. The number of methoxy groups -OCH3 is 2. The van der Waals surface area contributed by atoms with Crippen LogP contribution in [0, 0.1) is 6.92 Å². The lowest BCUT2D eigenvalue weighted by Gasteiger charge is -2.16. The van der Waals surface area contributed by atoms with Crippen LogP contribution in [0.2, 0.25) is 0 Å². The van der Waals surface area contributed by atoms with E-state index in [1.54, 1.807) is 14.2 Å². The summed E-state index contributed by atoms with van der Waals surface area (Å²) in [4.78, 5) is 12.3. The Balaban J connectivity index is 2.14. The molecule has 2 aromatic rings. The van der Waals surface area contributed by atoms with Crippen LogP contribution >= 0.6 is 0 Å². The third-order valence-electron chi connectivity index (χ3n) is 4.09. The van der Waals surface area contributed by atoms with E-state index in [2.05, 4.69) is 31.2 Å². The van der Waals surface area contributed by atoms with Gasteiger partial charge in [-0.1, -0.05) is 29.8 Å². The first kappa shape index (κ1) is 13.7. The number of aryl methyl sites for hydroxylation is 1. The molecule has 0 amide bonds. The maximum Gasteiger partial charge on any atom is 0.164 e. The Kier molecular flexibility index (Phi) is 3.42. The quantitative estimate of drug-likeness (QED) is 0.860. The molecule has 1 aliphatic carbocycles. The van der Waals surface area contributed by atoms with Gasteiger partial charge in [0, 0.05) is 29.5 Å². The third kappa shape index (κ3) is 2.29. The molecule has 0 fully saturated rings. The fourth-order valence-corrected chi connectivity index (χ4v) is 2.96. The Morgan fingerprint density at radius 1 is 1.05 bits per heavy atom. The second kappa shape index (κ2) is 5.24. The lowest BCUT2D eigenvalue weighted by molar-refractivity contribution is 0.0991. The van der Waals surface area contributed by atoms with Crippen molar-refractivity contribution in [3.8, 4) is 11.5 Å². The second-order valence-electron chi connectivity index (χ2n) is 5.38. The zero-order valence-corrected chi connectivity index (χ0v) is 12.5.